The van der Waals surface area contributed by atoms with Crippen LogP contribution in [0.3, 0.4) is 0 Å². The molecule has 138 valence electrons. The van der Waals surface area contributed by atoms with Gasteiger partial charge in [-0.15, -0.1) is 0 Å². The van der Waals surface area contributed by atoms with E-state index in [0.29, 0.717) is 6.42 Å². The lowest BCUT2D eigenvalue weighted by Crippen LogP contribution is -2.56. The van der Waals surface area contributed by atoms with Gasteiger partial charge in [0.15, 0.2) is 0 Å². The second-order valence-electron chi connectivity index (χ2n) is 5.49. The van der Waals surface area contributed by atoms with Crippen molar-refractivity contribution in [3.63, 3.8) is 0 Å². The second kappa shape index (κ2) is 10.9. The zero-order chi connectivity index (χ0) is 18.9. The molecule has 6 N–H and O–H groups in total. The molecule has 0 aliphatic carbocycles. The summed E-state index contributed by atoms with van der Waals surface area (Å²) in [6.07, 6.45) is 0.198. The fraction of sp³-hybridized carbons (Fsp3) is 0.714. The number of nitrogens with two attached hydrogens (primary N) is 1. The Bertz CT molecular complexity index is 473. The van der Waals surface area contributed by atoms with Crippen molar-refractivity contribution in [2.75, 3.05) is 5.75 Å². The van der Waals surface area contributed by atoms with Crippen molar-refractivity contribution in [2.45, 2.75) is 51.2 Å². The van der Waals surface area contributed by atoms with Crippen molar-refractivity contribution in [1.82, 2.24) is 10.6 Å². The van der Waals surface area contributed by atoms with Gasteiger partial charge in [-0.25, -0.2) is 4.79 Å². The summed E-state index contributed by atoms with van der Waals surface area (Å²) in [7, 11) is 0. The van der Waals surface area contributed by atoms with Crippen molar-refractivity contribution in [2.24, 2.45) is 11.7 Å². The van der Waals surface area contributed by atoms with Crippen LogP contribution in [0.4, 0.5) is 0 Å². The Morgan fingerprint density at radius 1 is 1.12 bits per heavy atom. The van der Waals surface area contributed by atoms with Crippen LogP contribution in [0.25, 0.3) is 0 Å². The van der Waals surface area contributed by atoms with E-state index in [4.69, 9.17) is 10.8 Å². The number of carboxylic acids is 2. The van der Waals surface area contributed by atoms with Crippen molar-refractivity contribution >= 4 is 36.4 Å². The molecule has 0 radical (unpaired) electrons. The molecule has 0 saturated carbocycles. The topological polar surface area (TPSA) is 159 Å². The summed E-state index contributed by atoms with van der Waals surface area (Å²) in [5.41, 5.74) is 5.56. The summed E-state index contributed by atoms with van der Waals surface area (Å²) < 4.78 is 0. The number of carbonyl (C=O) groups is 4. The largest absolute Gasteiger partial charge is 0.481 e. The molecular formula is C14H25N3O6S. The van der Waals surface area contributed by atoms with Gasteiger partial charge in [0.25, 0.3) is 0 Å². The Morgan fingerprint density at radius 2 is 1.71 bits per heavy atom. The van der Waals surface area contributed by atoms with Crippen molar-refractivity contribution in [3.05, 3.63) is 0 Å². The number of hydrogen-bond acceptors (Lipinski definition) is 6. The first-order chi connectivity index (χ1) is 11.1. The summed E-state index contributed by atoms with van der Waals surface area (Å²) in [5.74, 6) is -3.98. The fourth-order valence-corrected chi connectivity index (χ4v) is 2.08. The van der Waals surface area contributed by atoms with Gasteiger partial charge in [0.1, 0.15) is 12.1 Å². The number of amides is 2. The van der Waals surface area contributed by atoms with Gasteiger partial charge in [-0.3, -0.25) is 14.4 Å². The Balaban J connectivity index is 4.76. The van der Waals surface area contributed by atoms with E-state index in [1.807, 2.05) is 0 Å². The van der Waals surface area contributed by atoms with Crippen LogP contribution in [0, 0.1) is 5.92 Å². The van der Waals surface area contributed by atoms with E-state index in [1.54, 1.807) is 13.8 Å². The number of aliphatic carboxylic acids is 2. The molecule has 0 unspecified atom stereocenters. The van der Waals surface area contributed by atoms with Crippen LogP contribution < -0.4 is 16.4 Å². The molecule has 9 nitrogen and oxygen atoms in total. The second-order valence-corrected chi connectivity index (χ2v) is 5.86. The molecule has 0 saturated heterocycles. The zero-order valence-corrected chi connectivity index (χ0v) is 14.6. The third-order valence-corrected chi connectivity index (χ3v) is 3.96. The number of hydrogen-bond donors (Lipinski definition) is 6. The van der Waals surface area contributed by atoms with Crippen LogP contribution in [0.1, 0.15) is 33.1 Å². The van der Waals surface area contributed by atoms with Gasteiger partial charge in [-0.05, 0) is 12.3 Å². The van der Waals surface area contributed by atoms with E-state index in [9.17, 15) is 24.3 Å². The minimum Gasteiger partial charge on any atom is -0.481 e. The zero-order valence-electron chi connectivity index (χ0n) is 13.7. The van der Waals surface area contributed by atoms with Gasteiger partial charge in [0.05, 0.1) is 6.04 Å². The molecule has 0 aromatic rings. The molecule has 0 aromatic carbocycles. The maximum Gasteiger partial charge on any atom is 0.326 e. The van der Waals surface area contributed by atoms with E-state index in [0.717, 1.165) is 0 Å². The maximum absolute atomic E-state index is 12.2. The monoisotopic (exact) mass is 363 g/mol. The number of carboxylic acid groups (broad SMARTS) is 2. The Kier molecular flexibility index (Phi) is 10.0. The van der Waals surface area contributed by atoms with Crippen LogP contribution in [-0.2, 0) is 19.2 Å². The molecule has 0 aliphatic heterocycles. The lowest BCUT2D eigenvalue weighted by molar-refractivity contribution is -0.143. The standard InChI is InChI=1S/C14H25N3O6S/c1-3-7(2)11(14(22)23)17-13(21)9(6-24)16-12(20)8(15)4-5-10(18)19/h7-9,11,24H,3-6,15H2,1-2H3,(H,16,20)(H,17,21)(H,18,19)(H,22,23)/t7-,8-,9-,11-/m0/s1. The third kappa shape index (κ3) is 7.64. The smallest absolute Gasteiger partial charge is 0.326 e. The highest BCUT2D eigenvalue weighted by Gasteiger charge is 2.29. The molecule has 0 bridgehead atoms. The molecule has 0 fully saturated rings. The van der Waals surface area contributed by atoms with Gasteiger partial charge >= 0.3 is 11.9 Å². The molecule has 4 atom stereocenters. The van der Waals surface area contributed by atoms with Crippen LogP contribution in [0.2, 0.25) is 0 Å². The molecule has 10 heteroatoms. The molecular weight excluding hydrogens is 338 g/mol. The van der Waals surface area contributed by atoms with Gasteiger partial charge in [0.2, 0.25) is 11.8 Å². The Hall–Kier alpha value is -1.81. The average Bonchev–Trinajstić information content (AvgIpc) is 2.53. The molecule has 2 amide bonds. The summed E-state index contributed by atoms with van der Waals surface area (Å²) in [6.45, 7) is 3.49. The van der Waals surface area contributed by atoms with Crippen molar-refractivity contribution in [1.29, 1.82) is 0 Å². The van der Waals surface area contributed by atoms with Gasteiger partial charge in [-0.1, -0.05) is 20.3 Å². The predicted octanol–water partition coefficient (Wildman–Crippen LogP) is -0.791. The van der Waals surface area contributed by atoms with E-state index in [2.05, 4.69) is 23.3 Å². The minimum atomic E-state index is -1.17. The number of nitrogens with one attached hydrogen (secondary N) is 2. The molecule has 0 spiro atoms. The molecule has 0 rings (SSSR count). The first kappa shape index (κ1) is 22.2. The minimum absolute atomic E-state index is 0.0595. The normalized spacial score (nSPS) is 15.7. The summed E-state index contributed by atoms with van der Waals surface area (Å²) >= 11 is 3.97. The lowest BCUT2D eigenvalue weighted by Gasteiger charge is -2.24. The third-order valence-electron chi connectivity index (χ3n) is 3.60. The van der Waals surface area contributed by atoms with Crippen LogP contribution in [0.5, 0.6) is 0 Å². The first-order valence-corrected chi connectivity index (χ1v) is 8.19. The fourth-order valence-electron chi connectivity index (χ4n) is 1.82. The SMILES string of the molecule is CC[C@H](C)[C@H](NC(=O)[C@H](CS)NC(=O)[C@@H](N)CCC(=O)O)C(=O)O. The number of carbonyl (C=O) groups excluding carboxylic acids is 2. The maximum atomic E-state index is 12.2. The number of rotatable bonds is 11. The van der Waals surface area contributed by atoms with E-state index < -0.39 is 41.9 Å². The van der Waals surface area contributed by atoms with Crippen LogP contribution >= 0.6 is 12.6 Å². The highest BCUT2D eigenvalue weighted by molar-refractivity contribution is 7.80. The molecule has 0 aliphatic rings. The summed E-state index contributed by atoms with van der Waals surface area (Å²) in [4.78, 5) is 45.7. The summed E-state index contributed by atoms with van der Waals surface area (Å²) in [5, 5.41) is 22.5. The number of thiol groups is 1. The molecule has 0 heterocycles. The molecule has 24 heavy (non-hydrogen) atoms. The van der Waals surface area contributed by atoms with Gasteiger partial charge < -0.3 is 26.6 Å². The van der Waals surface area contributed by atoms with E-state index in [1.165, 1.54) is 0 Å². The average molecular weight is 363 g/mol. The van der Waals surface area contributed by atoms with Crippen molar-refractivity contribution in [3.8, 4) is 0 Å². The first-order valence-electron chi connectivity index (χ1n) is 7.55. The molecule has 0 aromatic heterocycles. The highest BCUT2D eigenvalue weighted by Crippen LogP contribution is 2.08. The Morgan fingerprint density at radius 3 is 2.12 bits per heavy atom. The predicted molar refractivity (Wildman–Crippen MR) is 89.7 cm³/mol. The Labute approximate surface area is 145 Å². The van der Waals surface area contributed by atoms with E-state index in [-0.39, 0.29) is 24.5 Å². The van der Waals surface area contributed by atoms with E-state index >= 15 is 0 Å². The van der Waals surface area contributed by atoms with Gasteiger partial charge in [0, 0.05) is 12.2 Å². The van der Waals surface area contributed by atoms with Crippen LogP contribution in [0.15, 0.2) is 0 Å². The quantitative estimate of drug-likeness (QED) is 0.262. The summed E-state index contributed by atoms with van der Waals surface area (Å²) in [6, 6.07) is -3.23. The van der Waals surface area contributed by atoms with Gasteiger partial charge in [-0.2, -0.15) is 12.6 Å². The highest BCUT2D eigenvalue weighted by atomic mass is 32.1. The van der Waals surface area contributed by atoms with Crippen molar-refractivity contribution < 1.29 is 29.4 Å². The lowest BCUT2D eigenvalue weighted by atomic mass is 9.99. The van der Waals surface area contributed by atoms with Crippen LogP contribution in [-0.4, -0.2) is 57.8 Å².